The maximum absolute atomic E-state index is 12.0. The number of aryl methyl sites for hydroxylation is 2. The van der Waals surface area contributed by atoms with E-state index >= 15 is 0 Å². The third kappa shape index (κ3) is 4.37. The van der Waals surface area contributed by atoms with E-state index in [9.17, 15) is 4.79 Å². The maximum atomic E-state index is 12.0. The summed E-state index contributed by atoms with van der Waals surface area (Å²) in [6.45, 7) is 6.72. The zero-order valence-corrected chi connectivity index (χ0v) is 14.1. The summed E-state index contributed by atoms with van der Waals surface area (Å²) >= 11 is 1.63. The molecular formula is C15H20N4O3S. The molecule has 1 atom stereocenters. The first-order valence-electron chi connectivity index (χ1n) is 7.59. The van der Waals surface area contributed by atoms with Crippen LogP contribution in [0.2, 0.25) is 0 Å². The molecule has 0 bridgehead atoms. The molecular weight excluding hydrogens is 316 g/mol. The predicted molar refractivity (Wildman–Crippen MR) is 86.5 cm³/mol. The Morgan fingerprint density at radius 3 is 3.09 bits per heavy atom. The molecule has 7 nitrogen and oxygen atoms in total. The van der Waals surface area contributed by atoms with Gasteiger partial charge in [-0.15, -0.1) is 11.3 Å². The highest BCUT2D eigenvalue weighted by atomic mass is 32.1. The summed E-state index contributed by atoms with van der Waals surface area (Å²) in [6.07, 6.45) is 0.416. The van der Waals surface area contributed by atoms with E-state index in [0.29, 0.717) is 31.2 Å². The molecule has 8 heteroatoms. The van der Waals surface area contributed by atoms with E-state index < -0.39 is 0 Å². The van der Waals surface area contributed by atoms with Gasteiger partial charge < -0.3 is 14.6 Å². The molecule has 3 heterocycles. The molecule has 1 fully saturated rings. The van der Waals surface area contributed by atoms with Gasteiger partial charge in [-0.3, -0.25) is 9.69 Å². The van der Waals surface area contributed by atoms with Crippen molar-refractivity contribution >= 4 is 23.1 Å². The normalized spacial score (nSPS) is 19.0. The number of hydrogen-bond donors (Lipinski definition) is 1. The second-order valence-electron chi connectivity index (χ2n) is 5.61. The number of amides is 1. The molecule has 1 N–H and O–H groups in total. The van der Waals surface area contributed by atoms with Crippen molar-refractivity contribution in [3.8, 4) is 0 Å². The first-order valence-corrected chi connectivity index (χ1v) is 8.47. The summed E-state index contributed by atoms with van der Waals surface area (Å²) in [4.78, 5) is 18.7. The maximum Gasteiger partial charge on any atom is 0.226 e. The molecule has 3 rings (SSSR count). The van der Waals surface area contributed by atoms with Crippen LogP contribution in [0.4, 0.5) is 5.82 Å². The Morgan fingerprint density at radius 2 is 2.39 bits per heavy atom. The minimum atomic E-state index is -0.0635. The highest BCUT2D eigenvalue weighted by Crippen LogP contribution is 2.25. The second-order valence-corrected chi connectivity index (χ2v) is 6.50. The van der Waals surface area contributed by atoms with Crippen LogP contribution in [-0.2, 0) is 9.53 Å². The van der Waals surface area contributed by atoms with Gasteiger partial charge in [-0.2, -0.15) is 0 Å². The molecule has 0 radical (unpaired) electrons. The van der Waals surface area contributed by atoms with Crippen LogP contribution in [0, 0.1) is 13.8 Å². The molecule has 1 aliphatic heterocycles. The third-order valence-corrected chi connectivity index (χ3v) is 4.67. The second kappa shape index (κ2) is 7.20. The lowest BCUT2D eigenvalue weighted by Gasteiger charge is -2.31. The fourth-order valence-electron chi connectivity index (χ4n) is 2.47. The van der Waals surface area contributed by atoms with Gasteiger partial charge in [0.05, 0.1) is 6.61 Å². The van der Waals surface area contributed by atoms with Crippen molar-refractivity contribution in [3.05, 3.63) is 27.9 Å². The fourth-order valence-corrected chi connectivity index (χ4v) is 3.30. The van der Waals surface area contributed by atoms with E-state index in [-0.39, 0.29) is 12.0 Å². The third-order valence-electron chi connectivity index (χ3n) is 3.61. The molecule has 1 unspecified atom stereocenters. The van der Waals surface area contributed by atoms with Crippen molar-refractivity contribution in [2.24, 2.45) is 0 Å². The summed E-state index contributed by atoms with van der Waals surface area (Å²) in [5.74, 6) is 1.08. The molecule has 1 saturated heterocycles. The molecule has 0 aromatic carbocycles. The number of morpholine rings is 1. The van der Waals surface area contributed by atoms with Crippen molar-refractivity contribution < 1.29 is 14.1 Å². The Bertz CT molecular complexity index is 669. The number of aromatic nitrogens is 2. The van der Waals surface area contributed by atoms with Gasteiger partial charge in [0.1, 0.15) is 16.9 Å². The average molecular weight is 336 g/mol. The molecule has 0 spiro atoms. The zero-order chi connectivity index (χ0) is 16.2. The average Bonchev–Trinajstić information content (AvgIpc) is 3.14. The van der Waals surface area contributed by atoms with E-state index in [0.717, 1.165) is 23.8 Å². The van der Waals surface area contributed by atoms with Crippen LogP contribution in [0.15, 0.2) is 16.0 Å². The molecule has 124 valence electrons. The number of anilines is 1. The Labute approximate surface area is 138 Å². The lowest BCUT2D eigenvalue weighted by atomic mass is 10.2. The number of nitrogens with zero attached hydrogens (tertiary/aromatic N) is 3. The zero-order valence-electron chi connectivity index (χ0n) is 13.2. The van der Waals surface area contributed by atoms with Crippen LogP contribution < -0.4 is 5.32 Å². The van der Waals surface area contributed by atoms with Crippen molar-refractivity contribution in [2.75, 3.05) is 31.6 Å². The number of carbonyl (C=O) groups is 1. The Kier molecular flexibility index (Phi) is 5.04. The number of ether oxygens (including phenoxy) is 1. The van der Waals surface area contributed by atoms with Gasteiger partial charge in [-0.25, -0.2) is 4.98 Å². The predicted octanol–water partition coefficient (Wildman–Crippen LogP) is 2.15. The Balaban J connectivity index is 1.47. The van der Waals surface area contributed by atoms with Gasteiger partial charge >= 0.3 is 0 Å². The summed E-state index contributed by atoms with van der Waals surface area (Å²) in [5, 5.41) is 9.54. The number of rotatable bonds is 5. The highest BCUT2D eigenvalue weighted by Gasteiger charge is 2.24. The first-order chi connectivity index (χ1) is 11.1. The quantitative estimate of drug-likeness (QED) is 0.901. The lowest BCUT2D eigenvalue weighted by molar-refractivity contribution is -0.117. The van der Waals surface area contributed by atoms with Crippen LogP contribution >= 0.6 is 11.3 Å². The largest absolute Gasteiger partial charge is 0.368 e. The van der Waals surface area contributed by atoms with E-state index in [1.54, 1.807) is 24.3 Å². The van der Waals surface area contributed by atoms with Crippen LogP contribution in [0.3, 0.4) is 0 Å². The van der Waals surface area contributed by atoms with Gasteiger partial charge in [0.15, 0.2) is 5.82 Å². The molecule has 2 aromatic rings. The van der Waals surface area contributed by atoms with E-state index in [1.807, 2.05) is 12.3 Å². The van der Waals surface area contributed by atoms with Crippen LogP contribution in [0.1, 0.15) is 29.0 Å². The lowest BCUT2D eigenvalue weighted by Crippen LogP contribution is -2.39. The molecule has 1 amide bonds. The Hall–Kier alpha value is -1.77. The number of nitrogens with one attached hydrogen (secondary N) is 1. The summed E-state index contributed by atoms with van der Waals surface area (Å²) < 4.78 is 10.7. The van der Waals surface area contributed by atoms with Crippen molar-refractivity contribution in [1.82, 2.24) is 15.0 Å². The number of carbonyl (C=O) groups excluding carboxylic acids is 1. The highest BCUT2D eigenvalue weighted by molar-refractivity contribution is 7.09. The first kappa shape index (κ1) is 16.1. The van der Waals surface area contributed by atoms with Gasteiger partial charge in [0.2, 0.25) is 5.91 Å². The standard InChI is InChI=1S/C15H20N4O3S/c1-10-9-23-15(16-10)12-8-19(5-6-21-12)4-3-14(20)17-13-7-11(2)22-18-13/h7,9,12H,3-6,8H2,1-2H3,(H,17,18,20). The van der Waals surface area contributed by atoms with E-state index in [4.69, 9.17) is 9.26 Å². The monoisotopic (exact) mass is 336 g/mol. The van der Waals surface area contributed by atoms with Gasteiger partial charge in [0, 0.05) is 43.2 Å². The Morgan fingerprint density at radius 1 is 1.52 bits per heavy atom. The molecule has 0 aliphatic carbocycles. The SMILES string of the molecule is Cc1csc(C2CN(CCC(=O)Nc3cc(C)on3)CCO2)n1. The minimum Gasteiger partial charge on any atom is -0.368 e. The van der Waals surface area contributed by atoms with E-state index in [1.165, 1.54) is 0 Å². The van der Waals surface area contributed by atoms with Crippen molar-refractivity contribution in [3.63, 3.8) is 0 Å². The molecule has 23 heavy (non-hydrogen) atoms. The molecule has 0 saturated carbocycles. The fraction of sp³-hybridized carbons (Fsp3) is 0.533. The van der Waals surface area contributed by atoms with Crippen molar-refractivity contribution in [2.45, 2.75) is 26.4 Å². The molecule has 2 aromatic heterocycles. The summed E-state index contributed by atoms with van der Waals surface area (Å²) in [6, 6.07) is 1.70. The summed E-state index contributed by atoms with van der Waals surface area (Å²) in [5.41, 5.74) is 1.02. The molecule has 1 aliphatic rings. The smallest absolute Gasteiger partial charge is 0.226 e. The number of hydrogen-bond acceptors (Lipinski definition) is 7. The van der Waals surface area contributed by atoms with Gasteiger partial charge in [-0.1, -0.05) is 5.16 Å². The summed E-state index contributed by atoms with van der Waals surface area (Å²) in [7, 11) is 0. The van der Waals surface area contributed by atoms with Crippen LogP contribution in [0.25, 0.3) is 0 Å². The van der Waals surface area contributed by atoms with Gasteiger partial charge in [0.25, 0.3) is 0 Å². The van der Waals surface area contributed by atoms with Crippen molar-refractivity contribution in [1.29, 1.82) is 0 Å². The van der Waals surface area contributed by atoms with E-state index in [2.05, 4.69) is 20.4 Å². The number of thiazole rings is 1. The van der Waals surface area contributed by atoms with Gasteiger partial charge in [-0.05, 0) is 13.8 Å². The topological polar surface area (TPSA) is 80.5 Å². The van der Waals surface area contributed by atoms with Crippen LogP contribution in [-0.4, -0.2) is 47.2 Å². The van der Waals surface area contributed by atoms with Crippen LogP contribution in [0.5, 0.6) is 0 Å². The minimum absolute atomic E-state index is 0.00343.